The molecule has 0 fully saturated rings. The zero-order chi connectivity index (χ0) is 16.9. The number of nitrogens with one attached hydrogen (secondary N) is 2. The van der Waals surface area contributed by atoms with E-state index in [1.807, 2.05) is 49.6 Å². The number of nitrogens with zero attached hydrogens (tertiary/aromatic N) is 1. The third-order valence-corrected chi connectivity index (χ3v) is 5.16. The number of amides is 1. The van der Waals surface area contributed by atoms with Crippen LogP contribution in [0, 0.1) is 6.92 Å². The van der Waals surface area contributed by atoms with Gasteiger partial charge in [0.25, 0.3) is 5.91 Å². The van der Waals surface area contributed by atoms with Crippen molar-refractivity contribution >= 4 is 39.8 Å². The Kier molecular flexibility index (Phi) is 5.22. The van der Waals surface area contributed by atoms with Crippen molar-refractivity contribution in [3.8, 4) is 0 Å². The molecular weight excluding hydrogens is 342 g/mol. The third-order valence-electron chi connectivity index (χ3n) is 3.32. The summed E-state index contributed by atoms with van der Waals surface area (Å²) < 4.78 is 5.27. The number of hydrogen-bond donors (Lipinski definition) is 2. The van der Waals surface area contributed by atoms with Gasteiger partial charge in [0.15, 0.2) is 5.13 Å². The maximum Gasteiger partial charge on any atom is 0.267 e. The number of aromatic nitrogens is 1. The minimum Gasteiger partial charge on any atom is -0.467 e. The average Bonchev–Trinajstić information content (AvgIpc) is 3.22. The van der Waals surface area contributed by atoms with Crippen molar-refractivity contribution in [2.24, 2.45) is 0 Å². The second-order valence-electron chi connectivity index (χ2n) is 5.05. The number of thiazole rings is 1. The first-order valence-electron chi connectivity index (χ1n) is 7.35. The topological polar surface area (TPSA) is 67.2 Å². The molecule has 1 aromatic carbocycles. The molecule has 7 heteroatoms. The van der Waals surface area contributed by atoms with Crippen LogP contribution >= 0.6 is 23.1 Å². The van der Waals surface area contributed by atoms with Crippen LogP contribution in [0.2, 0.25) is 0 Å². The van der Waals surface area contributed by atoms with Crippen LogP contribution in [0.1, 0.15) is 21.1 Å². The summed E-state index contributed by atoms with van der Waals surface area (Å²) in [5.41, 5.74) is 1.49. The van der Waals surface area contributed by atoms with Gasteiger partial charge in [-0.25, -0.2) is 4.98 Å². The summed E-state index contributed by atoms with van der Waals surface area (Å²) in [5, 5.41) is 6.81. The number of benzene rings is 1. The van der Waals surface area contributed by atoms with Gasteiger partial charge >= 0.3 is 0 Å². The van der Waals surface area contributed by atoms with Crippen LogP contribution in [0.25, 0.3) is 0 Å². The Labute approximate surface area is 148 Å². The van der Waals surface area contributed by atoms with Crippen molar-refractivity contribution in [2.75, 3.05) is 16.9 Å². The van der Waals surface area contributed by atoms with E-state index >= 15 is 0 Å². The van der Waals surface area contributed by atoms with Crippen LogP contribution in [0.5, 0.6) is 0 Å². The lowest BCUT2D eigenvalue weighted by Crippen LogP contribution is -2.11. The number of hydrogen-bond acceptors (Lipinski definition) is 6. The molecule has 0 aliphatic rings. The Morgan fingerprint density at radius 3 is 2.96 bits per heavy atom. The maximum absolute atomic E-state index is 12.5. The highest BCUT2D eigenvalue weighted by Gasteiger charge is 2.15. The number of carbonyl (C=O) groups excluding carboxylic acids is 1. The van der Waals surface area contributed by atoms with Crippen LogP contribution < -0.4 is 10.6 Å². The number of rotatable bonds is 6. The molecule has 3 rings (SSSR count). The first-order chi connectivity index (χ1) is 11.7. The van der Waals surface area contributed by atoms with Gasteiger partial charge in [0.05, 0.1) is 18.5 Å². The maximum atomic E-state index is 12.5. The van der Waals surface area contributed by atoms with E-state index in [0.717, 1.165) is 16.3 Å². The highest BCUT2D eigenvalue weighted by molar-refractivity contribution is 7.98. The van der Waals surface area contributed by atoms with Gasteiger partial charge in [0.1, 0.15) is 10.6 Å². The lowest BCUT2D eigenvalue weighted by Gasteiger charge is -2.05. The number of thioether (sulfide) groups is 1. The molecule has 124 valence electrons. The van der Waals surface area contributed by atoms with Crippen molar-refractivity contribution in [1.29, 1.82) is 0 Å². The fourth-order valence-corrected chi connectivity index (χ4v) is 3.46. The molecule has 0 spiro atoms. The van der Waals surface area contributed by atoms with Crippen LogP contribution in [0.4, 0.5) is 10.8 Å². The first-order valence-corrected chi connectivity index (χ1v) is 9.39. The van der Waals surface area contributed by atoms with Gasteiger partial charge in [-0.15, -0.1) is 11.8 Å². The summed E-state index contributed by atoms with van der Waals surface area (Å²) in [6.45, 7) is 2.37. The summed E-state index contributed by atoms with van der Waals surface area (Å²) in [4.78, 5) is 18.6. The lowest BCUT2D eigenvalue weighted by atomic mass is 10.3. The van der Waals surface area contributed by atoms with Gasteiger partial charge < -0.3 is 15.1 Å². The Bertz CT molecular complexity index is 828. The third kappa shape index (κ3) is 3.98. The molecule has 0 atom stereocenters. The van der Waals surface area contributed by atoms with E-state index in [1.165, 1.54) is 11.3 Å². The van der Waals surface area contributed by atoms with Crippen LogP contribution in [-0.4, -0.2) is 17.1 Å². The molecule has 0 radical (unpaired) electrons. The van der Waals surface area contributed by atoms with E-state index in [4.69, 9.17) is 4.42 Å². The Morgan fingerprint density at radius 2 is 2.21 bits per heavy atom. The molecule has 2 heterocycles. The van der Waals surface area contributed by atoms with Crippen LogP contribution in [0.3, 0.4) is 0 Å². The molecule has 24 heavy (non-hydrogen) atoms. The SMILES string of the molecule is CSc1cccc(NC(=O)c2sc(NCc3ccco3)nc2C)c1. The van der Waals surface area contributed by atoms with Gasteiger partial charge in [0, 0.05) is 10.6 Å². The molecular formula is C17H17N3O2S2. The molecule has 0 saturated heterocycles. The molecule has 1 amide bonds. The van der Waals surface area contributed by atoms with E-state index < -0.39 is 0 Å². The first kappa shape index (κ1) is 16.6. The van der Waals surface area contributed by atoms with Crippen LogP contribution in [-0.2, 0) is 6.54 Å². The Balaban J connectivity index is 1.68. The Morgan fingerprint density at radius 1 is 1.33 bits per heavy atom. The van der Waals surface area contributed by atoms with Gasteiger partial charge in [-0.2, -0.15) is 0 Å². The highest BCUT2D eigenvalue weighted by atomic mass is 32.2. The summed E-state index contributed by atoms with van der Waals surface area (Å²) in [6, 6.07) is 11.5. The van der Waals surface area contributed by atoms with Crippen molar-refractivity contribution in [3.63, 3.8) is 0 Å². The zero-order valence-corrected chi connectivity index (χ0v) is 15.0. The predicted octanol–water partition coefficient (Wildman–Crippen LogP) is 4.63. The Hall–Kier alpha value is -2.25. The predicted molar refractivity (Wildman–Crippen MR) is 99.1 cm³/mol. The molecule has 3 aromatic rings. The highest BCUT2D eigenvalue weighted by Crippen LogP contribution is 2.25. The monoisotopic (exact) mass is 359 g/mol. The lowest BCUT2D eigenvalue weighted by molar-refractivity contribution is 0.103. The van der Waals surface area contributed by atoms with E-state index in [0.29, 0.717) is 22.2 Å². The van der Waals surface area contributed by atoms with Gasteiger partial charge in [0.2, 0.25) is 0 Å². The average molecular weight is 359 g/mol. The second kappa shape index (κ2) is 7.55. The van der Waals surface area contributed by atoms with E-state index in [2.05, 4.69) is 15.6 Å². The molecule has 0 unspecified atom stereocenters. The zero-order valence-electron chi connectivity index (χ0n) is 13.3. The van der Waals surface area contributed by atoms with Crippen molar-refractivity contribution in [1.82, 2.24) is 4.98 Å². The minimum absolute atomic E-state index is 0.144. The molecule has 2 N–H and O–H groups in total. The largest absolute Gasteiger partial charge is 0.467 e. The van der Waals surface area contributed by atoms with Crippen molar-refractivity contribution < 1.29 is 9.21 Å². The molecule has 2 aromatic heterocycles. The van der Waals surface area contributed by atoms with Gasteiger partial charge in [-0.3, -0.25) is 4.79 Å². The number of carbonyl (C=O) groups is 1. The summed E-state index contributed by atoms with van der Waals surface area (Å²) in [7, 11) is 0. The van der Waals surface area contributed by atoms with Crippen molar-refractivity contribution in [3.05, 3.63) is 59.0 Å². The van der Waals surface area contributed by atoms with Crippen molar-refractivity contribution in [2.45, 2.75) is 18.4 Å². The molecule has 5 nitrogen and oxygen atoms in total. The normalized spacial score (nSPS) is 10.6. The molecule has 0 aliphatic heterocycles. The molecule has 0 saturated carbocycles. The summed E-state index contributed by atoms with van der Waals surface area (Å²) in [6.07, 6.45) is 3.64. The second-order valence-corrected chi connectivity index (χ2v) is 6.93. The minimum atomic E-state index is -0.144. The quantitative estimate of drug-likeness (QED) is 0.628. The fourth-order valence-electron chi connectivity index (χ4n) is 2.15. The van der Waals surface area contributed by atoms with Gasteiger partial charge in [-0.05, 0) is 43.5 Å². The standard InChI is InChI=1S/C17H17N3O2S2/c1-11-15(16(21)20-12-5-3-7-14(9-12)23-2)24-17(19-11)18-10-13-6-4-8-22-13/h3-9H,10H2,1-2H3,(H,18,19)(H,20,21). The van der Waals surface area contributed by atoms with E-state index in [1.54, 1.807) is 18.0 Å². The summed E-state index contributed by atoms with van der Waals surface area (Å²) in [5.74, 6) is 0.678. The number of anilines is 2. The molecule has 0 aliphatic carbocycles. The summed E-state index contributed by atoms with van der Waals surface area (Å²) >= 11 is 2.98. The number of furan rings is 1. The smallest absolute Gasteiger partial charge is 0.267 e. The fraction of sp³-hybridized carbons (Fsp3) is 0.176. The molecule has 0 bridgehead atoms. The number of aryl methyl sites for hydroxylation is 1. The van der Waals surface area contributed by atoms with E-state index in [-0.39, 0.29) is 5.91 Å². The van der Waals surface area contributed by atoms with E-state index in [9.17, 15) is 4.79 Å². The van der Waals surface area contributed by atoms with Crippen LogP contribution in [0.15, 0.2) is 52.0 Å². The van der Waals surface area contributed by atoms with Gasteiger partial charge in [-0.1, -0.05) is 17.4 Å².